The molecule has 3 aromatic rings. The minimum atomic E-state index is -0.173. The van der Waals surface area contributed by atoms with Crippen LogP contribution in [0.5, 0.6) is 11.5 Å². The van der Waals surface area contributed by atoms with Gasteiger partial charge in [-0.1, -0.05) is 12.1 Å². The number of aromatic nitrogens is 1. The average molecular weight is 348 g/mol. The van der Waals surface area contributed by atoms with E-state index in [9.17, 15) is 4.79 Å². The number of amides is 1. The first-order valence-electron chi connectivity index (χ1n) is 8.31. The Bertz CT molecular complexity index is 884. The van der Waals surface area contributed by atoms with Gasteiger partial charge in [-0.2, -0.15) is 0 Å². The van der Waals surface area contributed by atoms with Gasteiger partial charge in [0.25, 0.3) is 0 Å². The molecule has 0 aliphatic carbocycles. The molecular formula is C21H20N2O3. The van der Waals surface area contributed by atoms with Crippen LogP contribution in [0.25, 0.3) is 6.08 Å². The van der Waals surface area contributed by atoms with E-state index in [1.54, 1.807) is 30.9 Å². The number of hydrogen-bond acceptors (Lipinski definition) is 4. The summed E-state index contributed by atoms with van der Waals surface area (Å²) in [6.07, 6.45) is 8.02. The van der Waals surface area contributed by atoms with Crippen molar-refractivity contribution in [3.63, 3.8) is 0 Å². The summed E-state index contributed by atoms with van der Waals surface area (Å²) < 4.78 is 10.8. The monoisotopic (exact) mass is 348 g/mol. The van der Waals surface area contributed by atoms with Crippen LogP contribution in [0.3, 0.4) is 0 Å². The van der Waals surface area contributed by atoms with Crippen molar-refractivity contribution in [1.82, 2.24) is 10.3 Å². The summed E-state index contributed by atoms with van der Waals surface area (Å²) in [7, 11) is 0. The van der Waals surface area contributed by atoms with Gasteiger partial charge in [0.05, 0.1) is 24.8 Å². The summed E-state index contributed by atoms with van der Waals surface area (Å²) in [5.41, 5.74) is 2.73. The fraction of sp³-hybridized carbons (Fsp3) is 0.143. The van der Waals surface area contributed by atoms with Gasteiger partial charge in [0.2, 0.25) is 5.91 Å². The maximum Gasteiger partial charge on any atom is 0.244 e. The second-order valence-corrected chi connectivity index (χ2v) is 5.93. The Kier molecular flexibility index (Phi) is 5.49. The van der Waals surface area contributed by atoms with E-state index in [-0.39, 0.29) is 11.9 Å². The summed E-state index contributed by atoms with van der Waals surface area (Å²) >= 11 is 0. The van der Waals surface area contributed by atoms with Crippen LogP contribution in [0.1, 0.15) is 29.8 Å². The molecule has 5 heteroatoms. The van der Waals surface area contributed by atoms with Gasteiger partial charge in [0.15, 0.2) is 0 Å². The van der Waals surface area contributed by atoms with Crippen molar-refractivity contribution >= 4 is 12.0 Å². The van der Waals surface area contributed by atoms with Crippen molar-refractivity contribution in [2.45, 2.75) is 19.9 Å². The minimum Gasteiger partial charge on any atom is -0.472 e. The Hall–Kier alpha value is -3.34. The smallest absolute Gasteiger partial charge is 0.244 e. The third-order valence-corrected chi connectivity index (χ3v) is 3.81. The number of carbonyl (C=O) groups excluding carboxylic acids is 1. The van der Waals surface area contributed by atoms with Crippen molar-refractivity contribution in [2.24, 2.45) is 0 Å². The summed E-state index contributed by atoms with van der Waals surface area (Å²) in [5, 5.41) is 2.93. The van der Waals surface area contributed by atoms with Gasteiger partial charge >= 0.3 is 0 Å². The molecule has 26 heavy (non-hydrogen) atoms. The van der Waals surface area contributed by atoms with Crippen molar-refractivity contribution in [3.05, 3.63) is 84.1 Å². The third-order valence-electron chi connectivity index (χ3n) is 3.81. The quantitative estimate of drug-likeness (QED) is 0.658. The van der Waals surface area contributed by atoms with Gasteiger partial charge in [-0.25, -0.2) is 0 Å². The number of nitrogens with one attached hydrogen (secondary N) is 1. The van der Waals surface area contributed by atoms with E-state index in [0.717, 1.165) is 16.8 Å². The molecule has 0 fully saturated rings. The molecule has 0 unspecified atom stereocenters. The lowest BCUT2D eigenvalue weighted by Crippen LogP contribution is -2.24. The zero-order valence-electron chi connectivity index (χ0n) is 14.7. The van der Waals surface area contributed by atoms with Crippen molar-refractivity contribution in [1.29, 1.82) is 0 Å². The molecule has 3 rings (SSSR count). The number of rotatable bonds is 6. The first-order valence-corrected chi connectivity index (χ1v) is 8.31. The number of pyridine rings is 1. The molecule has 0 saturated heterocycles. The third kappa shape index (κ3) is 4.83. The Labute approximate surface area is 152 Å². The van der Waals surface area contributed by atoms with Gasteiger partial charge in [0.1, 0.15) is 11.5 Å². The first kappa shape index (κ1) is 17.5. The molecule has 2 heterocycles. The predicted octanol–water partition coefficient (Wildman–Crippen LogP) is 4.67. The molecule has 0 radical (unpaired) electrons. The highest BCUT2D eigenvalue weighted by atomic mass is 16.5. The van der Waals surface area contributed by atoms with E-state index in [2.05, 4.69) is 10.3 Å². The maximum atomic E-state index is 12.1. The van der Waals surface area contributed by atoms with Crippen LogP contribution in [0.4, 0.5) is 0 Å². The van der Waals surface area contributed by atoms with Crippen molar-refractivity contribution < 1.29 is 13.9 Å². The second-order valence-electron chi connectivity index (χ2n) is 5.93. The molecule has 132 valence electrons. The van der Waals surface area contributed by atoms with Gasteiger partial charge in [-0.3, -0.25) is 9.78 Å². The molecule has 1 N–H and O–H groups in total. The highest BCUT2D eigenvalue weighted by Crippen LogP contribution is 2.24. The van der Waals surface area contributed by atoms with Crippen LogP contribution in [-0.2, 0) is 4.79 Å². The van der Waals surface area contributed by atoms with Gasteiger partial charge < -0.3 is 14.5 Å². The molecule has 1 atom stereocenters. The Balaban J connectivity index is 1.63. The maximum absolute atomic E-state index is 12.1. The standard InChI is InChI=1S/C21H20N2O3/c1-15-6-8-20(13-22-15)26-19-5-3-4-18(12-19)16(2)23-21(24)9-7-17-10-11-25-14-17/h3-14,16H,1-2H3,(H,23,24)/t16-/m1/s1. The molecule has 0 aliphatic heterocycles. The van der Waals surface area contributed by atoms with E-state index in [0.29, 0.717) is 11.5 Å². The summed E-state index contributed by atoms with van der Waals surface area (Å²) in [6, 6.07) is 13.0. The summed E-state index contributed by atoms with van der Waals surface area (Å²) in [6.45, 7) is 3.85. The van der Waals surface area contributed by atoms with Crippen LogP contribution in [0.2, 0.25) is 0 Å². The molecule has 5 nitrogen and oxygen atoms in total. The zero-order valence-corrected chi connectivity index (χ0v) is 14.7. The Morgan fingerprint density at radius 3 is 2.85 bits per heavy atom. The average Bonchev–Trinajstić information content (AvgIpc) is 3.16. The molecular weight excluding hydrogens is 328 g/mol. The van der Waals surface area contributed by atoms with E-state index in [1.165, 1.54) is 6.08 Å². The Morgan fingerprint density at radius 1 is 1.23 bits per heavy atom. The number of benzene rings is 1. The topological polar surface area (TPSA) is 64.4 Å². The van der Waals surface area contributed by atoms with E-state index in [1.807, 2.05) is 50.2 Å². The van der Waals surface area contributed by atoms with Crippen LogP contribution >= 0.6 is 0 Å². The molecule has 2 aromatic heterocycles. The fourth-order valence-electron chi connectivity index (χ4n) is 2.38. The summed E-state index contributed by atoms with van der Waals surface area (Å²) in [4.78, 5) is 16.3. The normalized spacial score (nSPS) is 12.1. The predicted molar refractivity (Wildman–Crippen MR) is 99.8 cm³/mol. The fourth-order valence-corrected chi connectivity index (χ4v) is 2.38. The van der Waals surface area contributed by atoms with Crippen molar-refractivity contribution in [2.75, 3.05) is 0 Å². The molecule has 0 bridgehead atoms. The van der Waals surface area contributed by atoms with E-state index < -0.39 is 0 Å². The van der Waals surface area contributed by atoms with Crippen LogP contribution in [0.15, 0.2) is 71.7 Å². The zero-order chi connectivity index (χ0) is 18.4. The summed E-state index contributed by atoms with van der Waals surface area (Å²) in [5.74, 6) is 1.20. The van der Waals surface area contributed by atoms with Crippen LogP contribution in [-0.4, -0.2) is 10.9 Å². The number of carbonyl (C=O) groups is 1. The highest BCUT2D eigenvalue weighted by Gasteiger charge is 2.09. The second kappa shape index (κ2) is 8.16. The molecule has 0 aliphatic rings. The van der Waals surface area contributed by atoms with E-state index in [4.69, 9.17) is 9.15 Å². The highest BCUT2D eigenvalue weighted by molar-refractivity contribution is 5.91. The first-order chi connectivity index (χ1) is 12.6. The largest absolute Gasteiger partial charge is 0.472 e. The number of ether oxygens (including phenoxy) is 1. The molecule has 0 saturated carbocycles. The van der Waals surface area contributed by atoms with Crippen LogP contribution < -0.4 is 10.1 Å². The lowest BCUT2D eigenvalue weighted by atomic mass is 10.1. The van der Waals surface area contributed by atoms with Crippen LogP contribution in [0, 0.1) is 6.92 Å². The van der Waals surface area contributed by atoms with Gasteiger partial charge in [0, 0.05) is 17.3 Å². The van der Waals surface area contributed by atoms with Crippen molar-refractivity contribution in [3.8, 4) is 11.5 Å². The molecule has 1 aromatic carbocycles. The number of furan rings is 1. The van der Waals surface area contributed by atoms with E-state index >= 15 is 0 Å². The SMILES string of the molecule is Cc1ccc(Oc2cccc([C@@H](C)NC(=O)C=Cc3ccoc3)c2)cn1. The lowest BCUT2D eigenvalue weighted by Gasteiger charge is -2.14. The van der Waals surface area contributed by atoms with Gasteiger partial charge in [-0.05, 0) is 55.8 Å². The number of aryl methyl sites for hydroxylation is 1. The lowest BCUT2D eigenvalue weighted by molar-refractivity contribution is -0.117. The molecule has 1 amide bonds. The Morgan fingerprint density at radius 2 is 2.12 bits per heavy atom. The minimum absolute atomic E-state index is 0.156. The number of nitrogens with zero attached hydrogens (tertiary/aromatic N) is 1. The number of hydrogen-bond donors (Lipinski definition) is 1. The van der Waals surface area contributed by atoms with Gasteiger partial charge in [-0.15, -0.1) is 0 Å². The molecule has 0 spiro atoms.